The van der Waals surface area contributed by atoms with E-state index in [2.05, 4.69) is 262 Å². The Labute approximate surface area is 624 Å². The highest BCUT2D eigenvalue weighted by Crippen LogP contribution is 2.32. The summed E-state index contributed by atoms with van der Waals surface area (Å²) >= 11 is 0. The molecule has 0 N–H and O–H groups in total. The minimum atomic E-state index is -2.27. The second kappa shape index (κ2) is 27.7. The number of aryl methyl sites for hydroxylation is 20. The second-order valence-corrected chi connectivity index (χ2v) is 28.0. The van der Waals surface area contributed by atoms with Crippen molar-refractivity contribution in [3.05, 3.63) is 260 Å². The number of hydrogen-bond acceptors (Lipinski definition) is 4. The fraction of sp³-hybridized carbons (Fsp3) is 0.273. The third-order valence-corrected chi connectivity index (χ3v) is 21.1. The Morgan fingerprint density at radius 1 is 0.269 bits per heavy atom. The molecule has 16 aromatic rings. The van der Waals surface area contributed by atoms with Gasteiger partial charge in [0.2, 0.25) is 68.7 Å². The van der Waals surface area contributed by atoms with Crippen LogP contribution in [0.2, 0.25) is 0 Å². The fourth-order valence-electron chi connectivity index (χ4n) is 14.5. The number of pyridine rings is 4. The van der Waals surface area contributed by atoms with Gasteiger partial charge in [0, 0.05) is 159 Å². The molecule has 104 heavy (non-hydrogen) atoms. The Morgan fingerprint density at radius 3 is 1.01 bits per heavy atom. The van der Waals surface area contributed by atoms with Gasteiger partial charge in [-0.3, -0.25) is 17.6 Å². The SMILES string of the molecule is Cc1ccc(-c2cccc(-c3cn4c(C)c(C)nc4n3C)[n+]2C)c(C)c1.Cc1ccc(C)c(-c2cccc(-c3cn4c(C)c(C)nc4n3C)[n+]2C)c1.[2H]C([2H])([2H])c1ccc(C)c(-c2cccc(-c3cn4c(C)c(C([2H])([2H])[2H])nc4n3C)[n+]2C)c1.[2H]C([2H])([2H])c1nc2n(C)c(-c3cc(C)cc(-c4ccccc4C)[n+]3C)cn2c1C. The topological polar surface area (TPSA) is 104 Å². The van der Waals surface area contributed by atoms with Crippen molar-refractivity contribution in [3.63, 3.8) is 0 Å². The van der Waals surface area contributed by atoms with Crippen LogP contribution in [0.4, 0.5) is 0 Å². The molecule has 0 saturated carbocycles. The molecule has 16 rings (SSSR count). The van der Waals surface area contributed by atoms with E-state index in [0.717, 1.165) is 85.2 Å². The van der Waals surface area contributed by atoms with Gasteiger partial charge in [-0.25, -0.2) is 19.9 Å². The number of hydrogen-bond donors (Lipinski definition) is 0. The summed E-state index contributed by atoms with van der Waals surface area (Å²) < 4.78 is 94.5. The molecular formula is C88H100N16+4. The standard InChI is InChI=1S/4C22H25N4/c1-14-10-11-18(15(2)12-14)19-8-7-9-20(24(19)5)21-13-26-17(4)16(3)23-22(26)25(21)6;2*1-14-10-11-15(2)18(12-14)19-8-7-9-20(24(19)5)21-13-26-17(4)16(3)23-22(26)25(21)6;1-14-11-19(18-10-8-7-9-15(18)2)24(5)20(12-14)21-13-26-17(4)16(3)23-22(26)25(21)6/h4*7-13H,1-6H3/q4*+1/i;1D3,3D3;;3D3. The molecule has 16 nitrogen and oxygen atoms in total. The van der Waals surface area contributed by atoms with E-state index in [4.69, 9.17) is 22.3 Å². The monoisotopic (exact) mass is 1390 g/mol. The van der Waals surface area contributed by atoms with E-state index in [1.165, 1.54) is 78.7 Å². The van der Waals surface area contributed by atoms with Gasteiger partial charge in [-0.1, -0.05) is 71.3 Å². The number of aromatic nitrogens is 16. The molecule has 0 aliphatic rings. The lowest BCUT2D eigenvalue weighted by Crippen LogP contribution is -2.35. The van der Waals surface area contributed by atoms with Gasteiger partial charge in [0.25, 0.3) is 0 Å². The van der Waals surface area contributed by atoms with Crippen molar-refractivity contribution in [2.45, 2.75) is 111 Å². The Kier molecular flexibility index (Phi) is 16.0. The Hall–Kier alpha value is -11.5. The van der Waals surface area contributed by atoms with Crippen LogP contribution >= 0.6 is 0 Å². The minimum absolute atomic E-state index is 0.102. The normalized spacial score (nSPS) is 13.1. The molecule has 0 bridgehead atoms. The van der Waals surface area contributed by atoms with Crippen LogP contribution in [0.1, 0.15) is 102 Å². The largest absolute Gasteiger partial charge is 0.308 e. The molecule has 4 aromatic carbocycles. The van der Waals surface area contributed by atoms with E-state index in [9.17, 15) is 0 Å². The molecule has 12 aromatic heterocycles. The number of rotatable bonds is 8. The average Bonchev–Trinajstić information content (AvgIpc) is 1.63. The zero-order valence-electron chi connectivity index (χ0n) is 72.8. The van der Waals surface area contributed by atoms with Gasteiger partial charge < -0.3 is 18.3 Å². The van der Waals surface area contributed by atoms with Crippen molar-refractivity contribution in [2.24, 2.45) is 56.4 Å². The summed E-state index contributed by atoms with van der Waals surface area (Å²) in [5, 5.41) is 0. The lowest BCUT2D eigenvalue weighted by molar-refractivity contribution is -0.649. The van der Waals surface area contributed by atoms with Gasteiger partial charge in [0.05, 0.1) is 22.8 Å². The first kappa shape index (κ1) is 60.1. The zero-order chi connectivity index (χ0) is 81.8. The van der Waals surface area contributed by atoms with Crippen LogP contribution in [-0.4, -0.2) is 55.8 Å². The van der Waals surface area contributed by atoms with Gasteiger partial charge in [-0.15, -0.1) is 0 Å². The molecule has 528 valence electrons. The Bertz CT molecular complexity index is 6430. The fourth-order valence-corrected chi connectivity index (χ4v) is 14.5. The summed E-state index contributed by atoms with van der Waals surface area (Å²) in [6.45, 7) is 20.0. The quantitative estimate of drug-likeness (QED) is 0.141. The maximum absolute atomic E-state index is 7.76. The van der Waals surface area contributed by atoms with Crippen LogP contribution in [-0.2, 0) is 56.4 Å². The molecule has 0 radical (unpaired) electrons. The maximum Gasteiger partial charge on any atom is 0.231 e. The summed E-state index contributed by atoms with van der Waals surface area (Å²) in [4.78, 5) is 18.2. The molecule has 12 heterocycles. The maximum atomic E-state index is 7.76. The summed E-state index contributed by atoms with van der Waals surface area (Å²) in [6, 6.07) is 50.0. The molecule has 0 spiro atoms. The van der Waals surface area contributed by atoms with E-state index in [1.807, 2.05) is 88.9 Å². The van der Waals surface area contributed by atoms with Crippen LogP contribution in [0.3, 0.4) is 0 Å². The van der Waals surface area contributed by atoms with Crippen molar-refractivity contribution in [1.29, 1.82) is 0 Å². The summed E-state index contributed by atoms with van der Waals surface area (Å²) in [6.07, 6.45) is 8.24. The molecule has 0 fully saturated rings. The number of imidazole rings is 8. The highest BCUT2D eigenvalue weighted by molar-refractivity contribution is 5.70. The van der Waals surface area contributed by atoms with Gasteiger partial charge in [-0.05, 0) is 181 Å². The molecule has 0 amide bonds. The first-order valence-electron chi connectivity index (χ1n) is 39.6. The van der Waals surface area contributed by atoms with Crippen molar-refractivity contribution < 1.29 is 30.6 Å². The van der Waals surface area contributed by atoms with E-state index < -0.39 is 20.6 Å². The summed E-state index contributed by atoms with van der Waals surface area (Å²) in [5.74, 6) is 3.14. The van der Waals surface area contributed by atoms with E-state index in [1.54, 1.807) is 30.4 Å². The van der Waals surface area contributed by atoms with E-state index in [0.29, 0.717) is 28.5 Å². The molecule has 0 unspecified atom stereocenters. The number of benzene rings is 4. The second-order valence-electron chi connectivity index (χ2n) is 28.0. The average molecular weight is 1390 g/mol. The van der Waals surface area contributed by atoms with Gasteiger partial charge in [0.15, 0.2) is 0 Å². The van der Waals surface area contributed by atoms with Crippen LogP contribution < -0.4 is 18.3 Å². The van der Waals surface area contributed by atoms with Gasteiger partial charge in [-0.2, -0.15) is 18.3 Å². The highest BCUT2D eigenvalue weighted by Gasteiger charge is 2.28. The lowest BCUT2D eigenvalue weighted by Gasteiger charge is -2.09. The molecule has 0 saturated heterocycles. The minimum Gasteiger partial charge on any atom is -0.308 e. The Morgan fingerprint density at radius 2 is 0.596 bits per heavy atom. The molecule has 0 aliphatic heterocycles. The first-order valence-corrected chi connectivity index (χ1v) is 35.1. The van der Waals surface area contributed by atoms with Crippen molar-refractivity contribution in [3.8, 4) is 90.6 Å². The number of nitrogens with zero attached hydrogens (tertiary/aromatic N) is 16. The Balaban J connectivity index is 0.000000132. The van der Waals surface area contributed by atoms with Crippen LogP contribution in [0.25, 0.3) is 114 Å². The number of fused-ring (bicyclic) bond motifs is 4. The molecular weight excluding hydrogens is 1280 g/mol. The molecule has 0 aliphatic carbocycles. The van der Waals surface area contributed by atoms with Gasteiger partial charge in [0.1, 0.15) is 51.0 Å². The smallest absolute Gasteiger partial charge is 0.231 e. The van der Waals surface area contributed by atoms with Crippen molar-refractivity contribution in [1.82, 2.24) is 55.8 Å². The lowest BCUT2D eigenvalue weighted by atomic mass is 10.0. The summed E-state index contributed by atoms with van der Waals surface area (Å²) in [7, 11) is 16.2. The van der Waals surface area contributed by atoms with E-state index in [-0.39, 0.29) is 11.4 Å². The van der Waals surface area contributed by atoms with Crippen LogP contribution in [0.5, 0.6) is 0 Å². The third-order valence-electron chi connectivity index (χ3n) is 21.1. The summed E-state index contributed by atoms with van der Waals surface area (Å²) in [5.41, 5.74) is 32.3. The van der Waals surface area contributed by atoms with Crippen LogP contribution in [0.15, 0.2) is 170 Å². The predicted molar refractivity (Wildman–Crippen MR) is 421 cm³/mol. The molecule has 16 heteroatoms. The van der Waals surface area contributed by atoms with Gasteiger partial charge >= 0.3 is 0 Å². The highest BCUT2D eigenvalue weighted by atomic mass is 15.2. The van der Waals surface area contributed by atoms with Crippen molar-refractivity contribution in [2.75, 3.05) is 0 Å². The predicted octanol–water partition coefficient (Wildman–Crippen LogP) is 16.3. The zero-order valence-corrected chi connectivity index (χ0v) is 63.8. The third kappa shape index (κ3) is 12.5. The molecule has 0 atom stereocenters. The van der Waals surface area contributed by atoms with Crippen LogP contribution in [0, 0.1) is 111 Å². The van der Waals surface area contributed by atoms with Crippen molar-refractivity contribution >= 4 is 23.1 Å². The first-order chi connectivity index (χ1) is 53.2. The van der Waals surface area contributed by atoms with E-state index >= 15 is 0 Å².